The summed E-state index contributed by atoms with van der Waals surface area (Å²) in [5, 5.41) is 6.09. The lowest BCUT2D eigenvalue weighted by Gasteiger charge is -2.40. The average Bonchev–Trinajstić information content (AvgIpc) is 3.17. The van der Waals surface area contributed by atoms with Gasteiger partial charge < -0.3 is 9.32 Å². The van der Waals surface area contributed by atoms with E-state index in [1.165, 1.54) is 24.3 Å². The summed E-state index contributed by atoms with van der Waals surface area (Å²) in [7, 11) is -4.38. The SMILES string of the molecule is [2H]C([2H])([2H])N1CN([C@H](c2n[nH]c(=O)o2)C(C)c2c(F)ccc(C)c2C)S(=O)(=O)c2ccc(Cl)cc21. The Morgan fingerprint density at radius 2 is 2.06 bits per heavy atom. The Hall–Kier alpha value is -2.69. The smallest absolute Gasteiger partial charge is 0.391 e. The van der Waals surface area contributed by atoms with Crippen LogP contribution in [-0.2, 0) is 10.0 Å². The molecule has 0 spiro atoms. The highest BCUT2D eigenvalue weighted by molar-refractivity contribution is 7.89. The molecule has 0 bridgehead atoms. The van der Waals surface area contributed by atoms with Crippen LogP contribution in [0, 0.1) is 19.7 Å². The van der Waals surface area contributed by atoms with Gasteiger partial charge in [-0.15, -0.1) is 5.10 Å². The van der Waals surface area contributed by atoms with Crippen LogP contribution in [0.25, 0.3) is 0 Å². The maximum atomic E-state index is 15.1. The quantitative estimate of drug-likeness (QED) is 0.607. The molecule has 0 fully saturated rings. The van der Waals surface area contributed by atoms with Crippen molar-refractivity contribution < 1.29 is 21.3 Å². The third-order valence-corrected chi connectivity index (χ3v) is 7.85. The topological polar surface area (TPSA) is 99.5 Å². The maximum absolute atomic E-state index is 15.1. The Labute approximate surface area is 193 Å². The van der Waals surface area contributed by atoms with Crippen LogP contribution in [0.4, 0.5) is 10.1 Å². The van der Waals surface area contributed by atoms with E-state index in [1.807, 2.05) is 0 Å². The number of sulfonamides is 1. The Morgan fingerprint density at radius 3 is 2.72 bits per heavy atom. The van der Waals surface area contributed by atoms with Gasteiger partial charge in [0.05, 0.1) is 12.4 Å². The minimum atomic E-state index is -4.38. The second-order valence-corrected chi connectivity index (χ2v) is 9.96. The molecule has 170 valence electrons. The van der Waals surface area contributed by atoms with Crippen LogP contribution in [0.5, 0.6) is 0 Å². The number of aromatic amines is 1. The zero-order valence-corrected chi connectivity index (χ0v) is 19.0. The predicted molar refractivity (Wildman–Crippen MR) is 118 cm³/mol. The van der Waals surface area contributed by atoms with Gasteiger partial charge in [0, 0.05) is 22.0 Å². The molecular weight excluding hydrogens is 459 g/mol. The summed E-state index contributed by atoms with van der Waals surface area (Å²) in [5.74, 6) is -2.77. The molecule has 3 aromatic rings. The highest BCUT2D eigenvalue weighted by Gasteiger charge is 2.44. The third-order valence-electron chi connectivity index (χ3n) is 5.76. The molecule has 1 aliphatic heterocycles. The first-order valence-electron chi connectivity index (χ1n) is 11.1. The summed E-state index contributed by atoms with van der Waals surface area (Å²) in [6.45, 7) is 1.64. The Balaban J connectivity index is 1.97. The number of fused-ring (bicyclic) bond motifs is 1. The van der Waals surface area contributed by atoms with Gasteiger partial charge in [-0.1, -0.05) is 24.6 Å². The van der Waals surface area contributed by atoms with E-state index in [0.29, 0.717) is 5.56 Å². The van der Waals surface area contributed by atoms with Crippen LogP contribution in [0.15, 0.2) is 44.4 Å². The van der Waals surface area contributed by atoms with E-state index in [4.69, 9.17) is 20.1 Å². The minimum Gasteiger partial charge on any atom is -0.391 e. The van der Waals surface area contributed by atoms with Crippen molar-refractivity contribution in [1.82, 2.24) is 14.5 Å². The number of benzene rings is 2. The fraction of sp³-hybridized carbons (Fsp3) is 0.333. The van der Waals surface area contributed by atoms with Crippen LogP contribution in [-0.4, -0.2) is 36.6 Å². The summed E-state index contributed by atoms with van der Waals surface area (Å²) in [6, 6.07) is 5.30. The van der Waals surface area contributed by atoms with E-state index in [1.54, 1.807) is 26.8 Å². The van der Waals surface area contributed by atoms with Gasteiger partial charge in [-0.2, -0.15) is 4.31 Å². The zero-order chi connectivity index (χ0) is 25.9. The van der Waals surface area contributed by atoms with Crippen molar-refractivity contribution in [3.8, 4) is 0 Å². The molecule has 1 aliphatic rings. The van der Waals surface area contributed by atoms with Crippen molar-refractivity contribution in [3.05, 3.63) is 74.3 Å². The lowest BCUT2D eigenvalue weighted by atomic mass is 9.87. The number of rotatable bonds is 4. The molecule has 0 saturated heterocycles. The lowest BCUT2D eigenvalue weighted by Crippen LogP contribution is -2.48. The van der Waals surface area contributed by atoms with Crippen molar-refractivity contribution in [1.29, 1.82) is 0 Å². The van der Waals surface area contributed by atoms with Gasteiger partial charge in [-0.3, -0.25) is 0 Å². The van der Waals surface area contributed by atoms with Gasteiger partial charge in [-0.05, 0) is 54.8 Å². The minimum absolute atomic E-state index is 0.0958. The molecule has 2 aromatic carbocycles. The molecule has 2 heterocycles. The molecule has 1 N–H and O–H groups in total. The molecule has 0 amide bonds. The summed E-state index contributed by atoms with van der Waals surface area (Å²) in [4.78, 5) is 12.4. The largest absolute Gasteiger partial charge is 0.434 e. The van der Waals surface area contributed by atoms with Gasteiger partial charge in [0.15, 0.2) is 0 Å². The van der Waals surface area contributed by atoms with E-state index >= 15 is 4.39 Å². The Kier molecular flexibility index (Phi) is 4.72. The first kappa shape index (κ1) is 18.8. The zero-order valence-electron chi connectivity index (χ0n) is 20.4. The fourth-order valence-electron chi connectivity index (χ4n) is 4.05. The van der Waals surface area contributed by atoms with Gasteiger partial charge >= 0.3 is 5.76 Å². The molecule has 32 heavy (non-hydrogen) atoms. The Morgan fingerprint density at radius 1 is 1.31 bits per heavy atom. The number of hydrogen-bond donors (Lipinski definition) is 1. The summed E-state index contributed by atoms with van der Waals surface area (Å²) < 4.78 is 72.7. The molecule has 11 heteroatoms. The first-order valence-corrected chi connectivity index (χ1v) is 11.5. The van der Waals surface area contributed by atoms with Gasteiger partial charge in [0.2, 0.25) is 15.9 Å². The number of hydrogen-bond acceptors (Lipinski definition) is 6. The van der Waals surface area contributed by atoms with Crippen molar-refractivity contribution in [3.63, 3.8) is 0 Å². The number of halogens is 2. The van der Waals surface area contributed by atoms with E-state index in [-0.39, 0.29) is 27.1 Å². The molecule has 0 radical (unpaired) electrons. The fourth-order valence-corrected chi connectivity index (χ4v) is 5.98. The van der Waals surface area contributed by atoms with E-state index in [0.717, 1.165) is 14.8 Å². The van der Waals surface area contributed by atoms with Crippen molar-refractivity contribution in [2.75, 3.05) is 18.5 Å². The van der Waals surface area contributed by atoms with Crippen LogP contribution in [0.1, 0.15) is 45.6 Å². The van der Waals surface area contributed by atoms with Gasteiger partial charge in [0.1, 0.15) is 16.8 Å². The summed E-state index contributed by atoms with van der Waals surface area (Å²) >= 11 is 6.04. The normalized spacial score (nSPS) is 19.5. The van der Waals surface area contributed by atoms with E-state index < -0.39 is 47.2 Å². The molecule has 0 saturated carbocycles. The highest BCUT2D eigenvalue weighted by Crippen LogP contribution is 2.44. The third kappa shape index (κ3) is 3.62. The summed E-state index contributed by atoms with van der Waals surface area (Å²) in [6.07, 6.45) is 0. The standard InChI is InChI=1S/C21H22ClFN4O4S/c1-11-5-7-15(23)18(12(11)2)13(3)19(20-24-25-21(28)31-20)27-10-26(4)16-9-14(22)6-8-17(16)32(27,29)30/h5-9,13,19H,10H2,1-4H3,(H,25,28)/t13?,19-/m0/s1/i4D3. The average molecular weight is 484 g/mol. The van der Waals surface area contributed by atoms with Crippen LogP contribution >= 0.6 is 11.6 Å². The van der Waals surface area contributed by atoms with Gasteiger partial charge in [0.25, 0.3) is 0 Å². The predicted octanol–water partition coefficient (Wildman–Crippen LogP) is 3.72. The molecular formula is C21H22ClFN4O4S. The number of nitrogens with zero attached hydrogens (tertiary/aromatic N) is 3. The number of nitrogens with one attached hydrogen (secondary N) is 1. The van der Waals surface area contributed by atoms with Crippen LogP contribution in [0.2, 0.25) is 5.02 Å². The molecule has 1 unspecified atom stereocenters. The van der Waals surface area contributed by atoms with Crippen molar-refractivity contribution >= 4 is 27.3 Å². The highest BCUT2D eigenvalue weighted by atomic mass is 35.5. The van der Waals surface area contributed by atoms with Crippen LogP contribution in [0.3, 0.4) is 0 Å². The molecule has 4 rings (SSSR count). The van der Waals surface area contributed by atoms with Crippen LogP contribution < -0.4 is 10.7 Å². The molecule has 2 atom stereocenters. The Bertz CT molecular complexity index is 1460. The number of aryl methyl sites for hydroxylation is 1. The molecule has 0 aliphatic carbocycles. The van der Waals surface area contributed by atoms with Crippen molar-refractivity contribution in [2.45, 2.75) is 37.6 Å². The monoisotopic (exact) mass is 483 g/mol. The summed E-state index contributed by atoms with van der Waals surface area (Å²) in [5.41, 5.74) is 1.44. The number of H-pyrrole nitrogens is 1. The van der Waals surface area contributed by atoms with Gasteiger partial charge in [-0.25, -0.2) is 22.7 Å². The molecule has 1 aromatic heterocycles. The maximum Gasteiger partial charge on any atom is 0.434 e. The second kappa shape index (κ2) is 8.02. The second-order valence-electron chi connectivity index (χ2n) is 7.66. The first-order chi connectivity index (χ1) is 16.2. The number of anilines is 1. The molecule has 8 nitrogen and oxygen atoms in total. The van der Waals surface area contributed by atoms with E-state index in [2.05, 4.69) is 10.2 Å². The van der Waals surface area contributed by atoms with Crippen molar-refractivity contribution in [2.24, 2.45) is 0 Å². The van der Waals surface area contributed by atoms with E-state index in [9.17, 15) is 13.2 Å². The number of aromatic nitrogens is 2. The lowest BCUT2D eigenvalue weighted by molar-refractivity contribution is 0.237.